The van der Waals surface area contributed by atoms with Crippen molar-refractivity contribution < 1.29 is 4.79 Å². The summed E-state index contributed by atoms with van der Waals surface area (Å²) in [4.78, 5) is 18.0. The number of hydrogen-bond acceptors (Lipinski definition) is 3. The van der Waals surface area contributed by atoms with Gasteiger partial charge in [-0.3, -0.25) is 4.79 Å². The van der Waals surface area contributed by atoms with Crippen LogP contribution < -0.4 is 4.80 Å². The van der Waals surface area contributed by atoms with Gasteiger partial charge in [0, 0.05) is 18.2 Å². The van der Waals surface area contributed by atoms with Gasteiger partial charge in [0.25, 0.3) is 5.91 Å². The first kappa shape index (κ1) is 16.8. The van der Waals surface area contributed by atoms with Crippen molar-refractivity contribution in [3.63, 3.8) is 0 Å². The summed E-state index contributed by atoms with van der Waals surface area (Å²) in [5, 5.41) is 0. The molecule has 5 heteroatoms. The van der Waals surface area contributed by atoms with Crippen LogP contribution in [0.5, 0.6) is 0 Å². The van der Waals surface area contributed by atoms with Crippen LogP contribution in [0.1, 0.15) is 37.7 Å². The maximum atomic E-state index is 12.6. The van der Waals surface area contributed by atoms with E-state index < -0.39 is 0 Å². The first-order valence-corrected chi connectivity index (χ1v) is 10.6. The van der Waals surface area contributed by atoms with Gasteiger partial charge in [0.1, 0.15) is 0 Å². The molecule has 1 fully saturated rings. The molecule has 124 valence electrons. The summed E-state index contributed by atoms with van der Waals surface area (Å²) in [5.74, 6) is 1.26. The number of aryl methyl sites for hydroxylation is 2. The van der Waals surface area contributed by atoms with Crippen LogP contribution in [0.4, 0.5) is 0 Å². The number of fused-ring (bicyclic) bond motifs is 1. The van der Waals surface area contributed by atoms with Gasteiger partial charge < -0.3 is 4.57 Å². The van der Waals surface area contributed by atoms with Crippen LogP contribution in [0.15, 0.2) is 23.2 Å². The Labute approximate surface area is 145 Å². The summed E-state index contributed by atoms with van der Waals surface area (Å²) in [6.07, 6.45) is 7.74. The summed E-state index contributed by atoms with van der Waals surface area (Å²) < 4.78 is 3.44. The maximum Gasteiger partial charge on any atom is 0.251 e. The fraction of sp³-hybridized carbons (Fsp3) is 0.556. The highest BCUT2D eigenvalue weighted by Crippen LogP contribution is 2.25. The van der Waals surface area contributed by atoms with Crippen LogP contribution in [0, 0.1) is 12.8 Å². The molecule has 0 radical (unpaired) electrons. The molecular weight excluding hydrogens is 324 g/mol. The van der Waals surface area contributed by atoms with E-state index in [0.717, 1.165) is 29.9 Å². The van der Waals surface area contributed by atoms with Crippen molar-refractivity contribution in [2.75, 3.05) is 12.0 Å². The highest BCUT2D eigenvalue weighted by molar-refractivity contribution is 7.98. The zero-order chi connectivity index (χ0) is 16.2. The zero-order valence-electron chi connectivity index (χ0n) is 13.9. The second-order valence-electron chi connectivity index (χ2n) is 6.29. The standard InChI is InChI=1S/C18H24N2OS2/c1-13-8-9-15-16(12-13)23-18(20(15)10-11-22-2)19-17(21)14-6-4-3-5-7-14/h8-9,12,14H,3-7,10-11H2,1-2H3. The summed E-state index contributed by atoms with van der Waals surface area (Å²) in [7, 11) is 0. The minimum Gasteiger partial charge on any atom is -0.316 e. The SMILES string of the molecule is CSCCn1c(=NC(=O)C2CCCCC2)sc2cc(C)ccc21. The van der Waals surface area contributed by atoms with Crippen LogP contribution in [-0.4, -0.2) is 22.5 Å². The molecule has 1 aliphatic rings. The molecule has 0 saturated heterocycles. The Morgan fingerprint density at radius 3 is 2.87 bits per heavy atom. The maximum absolute atomic E-state index is 12.6. The zero-order valence-corrected chi connectivity index (χ0v) is 15.5. The van der Waals surface area contributed by atoms with Gasteiger partial charge in [0.05, 0.1) is 10.2 Å². The lowest BCUT2D eigenvalue weighted by Crippen LogP contribution is -2.22. The molecule has 1 aromatic carbocycles. The monoisotopic (exact) mass is 348 g/mol. The van der Waals surface area contributed by atoms with E-state index in [0.29, 0.717) is 0 Å². The van der Waals surface area contributed by atoms with Gasteiger partial charge in [-0.2, -0.15) is 16.8 Å². The smallest absolute Gasteiger partial charge is 0.251 e. The predicted molar refractivity (Wildman–Crippen MR) is 100 cm³/mol. The number of nitrogens with zero attached hydrogens (tertiary/aromatic N) is 2. The molecule has 23 heavy (non-hydrogen) atoms. The molecule has 0 spiro atoms. The quantitative estimate of drug-likeness (QED) is 0.821. The van der Waals surface area contributed by atoms with E-state index >= 15 is 0 Å². The Hall–Kier alpha value is -1.07. The Balaban J connectivity index is 2.00. The van der Waals surface area contributed by atoms with Crippen LogP contribution in [-0.2, 0) is 11.3 Å². The molecule has 1 heterocycles. The predicted octanol–water partition coefficient (Wildman–Crippen LogP) is 4.38. The molecule has 0 unspecified atom stereocenters. The Bertz CT molecular complexity index is 754. The van der Waals surface area contributed by atoms with Crippen molar-refractivity contribution in [3.8, 4) is 0 Å². The number of amides is 1. The van der Waals surface area contributed by atoms with Gasteiger partial charge in [-0.1, -0.05) is 36.7 Å². The van der Waals surface area contributed by atoms with Crippen molar-refractivity contribution in [1.82, 2.24) is 4.57 Å². The molecule has 0 N–H and O–H groups in total. The molecule has 1 aliphatic carbocycles. The fourth-order valence-corrected chi connectivity index (χ4v) is 4.72. The number of aromatic nitrogens is 1. The van der Waals surface area contributed by atoms with E-state index in [1.54, 1.807) is 11.3 Å². The van der Waals surface area contributed by atoms with Crippen LogP contribution in [0.2, 0.25) is 0 Å². The highest BCUT2D eigenvalue weighted by Gasteiger charge is 2.21. The van der Waals surface area contributed by atoms with E-state index in [4.69, 9.17) is 0 Å². The largest absolute Gasteiger partial charge is 0.316 e. The second kappa shape index (κ2) is 7.67. The lowest BCUT2D eigenvalue weighted by atomic mass is 9.89. The highest BCUT2D eigenvalue weighted by atomic mass is 32.2. The van der Waals surface area contributed by atoms with Crippen LogP contribution >= 0.6 is 23.1 Å². The summed E-state index contributed by atoms with van der Waals surface area (Å²) >= 11 is 3.47. The normalized spacial score (nSPS) is 17.0. The Kier molecular flexibility index (Phi) is 5.59. The van der Waals surface area contributed by atoms with Crippen LogP contribution in [0.3, 0.4) is 0 Å². The number of rotatable bonds is 4. The van der Waals surface area contributed by atoms with E-state index in [2.05, 4.69) is 40.9 Å². The topological polar surface area (TPSA) is 34.4 Å². The van der Waals surface area contributed by atoms with Gasteiger partial charge in [-0.25, -0.2) is 0 Å². The molecule has 0 aliphatic heterocycles. The molecule has 0 bridgehead atoms. The van der Waals surface area contributed by atoms with Crippen molar-refractivity contribution in [1.29, 1.82) is 0 Å². The average Bonchev–Trinajstić information content (AvgIpc) is 2.89. The van der Waals surface area contributed by atoms with Crippen molar-refractivity contribution in [2.45, 2.75) is 45.6 Å². The van der Waals surface area contributed by atoms with E-state index in [-0.39, 0.29) is 11.8 Å². The molecule has 3 rings (SSSR count). The van der Waals surface area contributed by atoms with E-state index in [1.807, 2.05) is 11.8 Å². The number of carbonyl (C=O) groups is 1. The van der Waals surface area contributed by atoms with E-state index in [9.17, 15) is 4.79 Å². The Morgan fingerprint density at radius 2 is 2.13 bits per heavy atom. The third-order valence-electron chi connectivity index (χ3n) is 4.52. The summed E-state index contributed by atoms with van der Waals surface area (Å²) in [6, 6.07) is 6.49. The average molecular weight is 349 g/mol. The lowest BCUT2D eigenvalue weighted by Gasteiger charge is -2.17. The van der Waals surface area contributed by atoms with Crippen molar-refractivity contribution >= 4 is 39.2 Å². The first-order valence-electron chi connectivity index (χ1n) is 8.36. The summed E-state index contributed by atoms with van der Waals surface area (Å²) in [5.41, 5.74) is 2.45. The molecule has 0 atom stereocenters. The number of thiazole rings is 1. The molecule has 3 nitrogen and oxygen atoms in total. The fourth-order valence-electron chi connectivity index (χ4n) is 3.20. The van der Waals surface area contributed by atoms with Gasteiger partial charge in [-0.15, -0.1) is 0 Å². The molecule has 1 saturated carbocycles. The van der Waals surface area contributed by atoms with E-state index in [1.165, 1.54) is 35.0 Å². The van der Waals surface area contributed by atoms with Crippen molar-refractivity contribution in [3.05, 3.63) is 28.6 Å². The molecule has 2 aromatic rings. The van der Waals surface area contributed by atoms with Crippen LogP contribution in [0.25, 0.3) is 10.2 Å². The number of carbonyl (C=O) groups excluding carboxylic acids is 1. The second-order valence-corrected chi connectivity index (χ2v) is 8.28. The number of thioether (sulfide) groups is 1. The van der Waals surface area contributed by atoms with Gasteiger partial charge in [0.2, 0.25) is 0 Å². The first-order chi connectivity index (χ1) is 11.2. The third-order valence-corrected chi connectivity index (χ3v) is 6.15. The van der Waals surface area contributed by atoms with Gasteiger partial charge in [0.15, 0.2) is 4.80 Å². The number of benzene rings is 1. The summed E-state index contributed by atoms with van der Waals surface area (Å²) in [6.45, 7) is 3.01. The minimum atomic E-state index is 0.0888. The number of hydrogen-bond donors (Lipinski definition) is 0. The minimum absolute atomic E-state index is 0.0888. The van der Waals surface area contributed by atoms with Crippen molar-refractivity contribution in [2.24, 2.45) is 10.9 Å². The Morgan fingerprint density at radius 1 is 1.35 bits per heavy atom. The van der Waals surface area contributed by atoms with Gasteiger partial charge in [-0.05, 0) is 43.7 Å². The van der Waals surface area contributed by atoms with Gasteiger partial charge >= 0.3 is 0 Å². The molecule has 1 aromatic heterocycles. The molecular formula is C18H24N2OS2. The third kappa shape index (κ3) is 3.89. The lowest BCUT2D eigenvalue weighted by molar-refractivity contribution is -0.122. The molecule has 1 amide bonds.